The van der Waals surface area contributed by atoms with E-state index in [4.69, 9.17) is 11.2 Å². The highest BCUT2D eigenvalue weighted by atomic mass is 32.2. The monoisotopic (exact) mass is 338 g/mol. The van der Waals surface area contributed by atoms with Crippen LogP contribution in [-0.4, -0.2) is 44.4 Å². The summed E-state index contributed by atoms with van der Waals surface area (Å²) in [5, 5.41) is 2.94. The second-order valence-corrected chi connectivity index (χ2v) is 7.97. The number of benzene rings is 1. The van der Waals surface area contributed by atoms with E-state index in [1.54, 1.807) is 32.9 Å². The third-order valence-electron chi connectivity index (χ3n) is 2.73. The SMILES string of the molecule is C#CCNc1ccc(S(=O)(=O)N(C)CC(=O)OC(C)(C)C)cc1. The van der Waals surface area contributed by atoms with Crippen molar-refractivity contribution in [1.82, 2.24) is 4.31 Å². The van der Waals surface area contributed by atoms with E-state index in [2.05, 4.69) is 11.2 Å². The van der Waals surface area contributed by atoms with Crippen molar-refractivity contribution < 1.29 is 17.9 Å². The van der Waals surface area contributed by atoms with Crippen molar-refractivity contribution in [2.45, 2.75) is 31.3 Å². The van der Waals surface area contributed by atoms with E-state index in [1.165, 1.54) is 19.2 Å². The standard InChI is InChI=1S/C16H22N2O4S/c1-6-11-17-13-7-9-14(10-8-13)23(20,21)18(5)12-15(19)22-16(2,3)4/h1,7-10,17H,11-12H2,2-5H3. The first-order valence-corrected chi connectivity index (χ1v) is 8.46. The molecule has 6 nitrogen and oxygen atoms in total. The summed E-state index contributed by atoms with van der Waals surface area (Å²) in [7, 11) is -2.43. The number of likely N-dealkylation sites (N-methyl/N-ethyl adjacent to an activating group) is 1. The average Bonchev–Trinajstić information content (AvgIpc) is 2.43. The Hall–Kier alpha value is -2.04. The molecule has 0 spiro atoms. The molecule has 0 aliphatic heterocycles. The Morgan fingerprint density at radius 1 is 1.30 bits per heavy atom. The van der Waals surface area contributed by atoms with Crippen molar-refractivity contribution in [2.24, 2.45) is 0 Å². The number of ether oxygens (including phenoxy) is 1. The quantitative estimate of drug-likeness (QED) is 0.631. The summed E-state index contributed by atoms with van der Waals surface area (Å²) < 4.78 is 30.9. The molecular weight excluding hydrogens is 316 g/mol. The normalized spacial score (nSPS) is 11.8. The van der Waals surface area contributed by atoms with Crippen LogP contribution < -0.4 is 5.32 Å². The molecule has 0 saturated carbocycles. The number of hydrogen-bond donors (Lipinski definition) is 1. The number of sulfonamides is 1. The van der Waals surface area contributed by atoms with Crippen LogP contribution in [0.2, 0.25) is 0 Å². The first-order valence-electron chi connectivity index (χ1n) is 7.02. The molecule has 1 rings (SSSR count). The lowest BCUT2D eigenvalue weighted by molar-refractivity contribution is -0.154. The number of esters is 1. The molecular formula is C16H22N2O4S. The van der Waals surface area contributed by atoms with Gasteiger partial charge in [-0.2, -0.15) is 4.31 Å². The maximum absolute atomic E-state index is 12.4. The summed E-state index contributed by atoms with van der Waals surface area (Å²) in [6, 6.07) is 6.15. The minimum atomic E-state index is -3.76. The van der Waals surface area contributed by atoms with Crippen LogP contribution in [-0.2, 0) is 19.6 Å². The van der Waals surface area contributed by atoms with Crippen LogP contribution in [0.5, 0.6) is 0 Å². The summed E-state index contributed by atoms with van der Waals surface area (Å²) >= 11 is 0. The number of nitrogens with zero attached hydrogens (tertiary/aromatic N) is 1. The van der Waals surface area contributed by atoms with Gasteiger partial charge in [0.25, 0.3) is 0 Å². The van der Waals surface area contributed by atoms with Gasteiger partial charge in [-0.3, -0.25) is 4.79 Å². The van der Waals surface area contributed by atoms with E-state index in [-0.39, 0.29) is 11.4 Å². The summed E-state index contributed by atoms with van der Waals surface area (Å²) in [6.07, 6.45) is 5.15. The molecule has 23 heavy (non-hydrogen) atoms. The molecule has 0 heterocycles. The second-order valence-electron chi connectivity index (χ2n) is 5.93. The van der Waals surface area contributed by atoms with Gasteiger partial charge in [0.1, 0.15) is 12.1 Å². The zero-order valence-electron chi connectivity index (χ0n) is 13.8. The number of carbonyl (C=O) groups is 1. The summed E-state index contributed by atoms with van der Waals surface area (Å²) in [4.78, 5) is 11.9. The van der Waals surface area contributed by atoms with Gasteiger partial charge in [0.2, 0.25) is 10.0 Å². The van der Waals surface area contributed by atoms with Gasteiger partial charge in [0.05, 0.1) is 11.4 Å². The predicted octanol–water partition coefficient (Wildman–Crippen LogP) is 1.69. The van der Waals surface area contributed by atoms with E-state index < -0.39 is 21.6 Å². The fourth-order valence-corrected chi connectivity index (χ4v) is 2.83. The van der Waals surface area contributed by atoms with Gasteiger partial charge in [-0.15, -0.1) is 6.42 Å². The number of nitrogens with one attached hydrogen (secondary N) is 1. The Morgan fingerprint density at radius 2 is 1.87 bits per heavy atom. The Kier molecular flexibility index (Phi) is 6.19. The van der Waals surface area contributed by atoms with Gasteiger partial charge in [0.15, 0.2) is 0 Å². The van der Waals surface area contributed by atoms with E-state index in [9.17, 15) is 13.2 Å². The number of carbonyl (C=O) groups excluding carboxylic acids is 1. The van der Waals surface area contributed by atoms with Crippen molar-refractivity contribution in [3.05, 3.63) is 24.3 Å². The molecule has 0 bridgehead atoms. The molecule has 126 valence electrons. The van der Waals surface area contributed by atoms with Gasteiger partial charge in [-0.1, -0.05) is 5.92 Å². The van der Waals surface area contributed by atoms with E-state index in [0.29, 0.717) is 6.54 Å². The molecule has 0 atom stereocenters. The van der Waals surface area contributed by atoms with E-state index in [1.807, 2.05) is 0 Å². The van der Waals surface area contributed by atoms with Gasteiger partial charge in [0, 0.05) is 12.7 Å². The minimum Gasteiger partial charge on any atom is -0.459 e. The van der Waals surface area contributed by atoms with Crippen LogP contribution in [0.4, 0.5) is 5.69 Å². The highest BCUT2D eigenvalue weighted by Crippen LogP contribution is 2.18. The van der Waals surface area contributed by atoms with Crippen LogP contribution in [0.15, 0.2) is 29.2 Å². The second kappa shape index (κ2) is 7.49. The van der Waals surface area contributed by atoms with Gasteiger partial charge < -0.3 is 10.1 Å². The zero-order valence-corrected chi connectivity index (χ0v) is 14.6. The number of anilines is 1. The Balaban J connectivity index is 2.81. The number of terminal acetylenes is 1. The van der Waals surface area contributed by atoms with Crippen LogP contribution in [0, 0.1) is 12.3 Å². The van der Waals surface area contributed by atoms with E-state index in [0.717, 1.165) is 9.99 Å². The molecule has 7 heteroatoms. The Morgan fingerprint density at radius 3 is 2.35 bits per heavy atom. The van der Waals surface area contributed by atoms with Crippen molar-refractivity contribution in [3.63, 3.8) is 0 Å². The van der Waals surface area contributed by atoms with Crippen LogP contribution >= 0.6 is 0 Å². The summed E-state index contributed by atoms with van der Waals surface area (Å²) in [6.45, 7) is 5.17. The zero-order chi connectivity index (χ0) is 17.7. The lowest BCUT2D eigenvalue weighted by Crippen LogP contribution is -2.36. The Labute approximate surface area is 137 Å². The lowest BCUT2D eigenvalue weighted by Gasteiger charge is -2.22. The highest BCUT2D eigenvalue weighted by molar-refractivity contribution is 7.89. The molecule has 0 unspecified atom stereocenters. The lowest BCUT2D eigenvalue weighted by atomic mass is 10.2. The van der Waals surface area contributed by atoms with Crippen LogP contribution in [0.25, 0.3) is 0 Å². The molecule has 1 N–H and O–H groups in total. The van der Waals surface area contributed by atoms with E-state index >= 15 is 0 Å². The maximum atomic E-state index is 12.4. The van der Waals surface area contributed by atoms with Crippen LogP contribution in [0.3, 0.4) is 0 Å². The third kappa shape index (κ3) is 5.93. The first kappa shape index (κ1) is 19.0. The molecule has 1 aromatic carbocycles. The molecule has 0 saturated heterocycles. The molecule has 1 aromatic rings. The van der Waals surface area contributed by atoms with Crippen molar-refractivity contribution in [3.8, 4) is 12.3 Å². The molecule has 0 aliphatic carbocycles. The molecule has 0 radical (unpaired) electrons. The largest absolute Gasteiger partial charge is 0.459 e. The molecule has 0 aliphatic rings. The van der Waals surface area contributed by atoms with Crippen LogP contribution in [0.1, 0.15) is 20.8 Å². The first-order chi connectivity index (χ1) is 10.6. The van der Waals surface area contributed by atoms with Crippen molar-refractivity contribution >= 4 is 21.7 Å². The third-order valence-corrected chi connectivity index (χ3v) is 4.55. The smallest absolute Gasteiger partial charge is 0.321 e. The average molecular weight is 338 g/mol. The fourth-order valence-electron chi connectivity index (χ4n) is 1.72. The predicted molar refractivity (Wildman–Crippen MR) is 89.4 cm³/mol. The molecule has 0 amide bonds. The minimum absolute atomic E-state index is 0.0924. The van der Waals surface area contributed by atoms with Gasteiger partial charge in [-0.25, -0.2) is 8.42 Å². The molecule has 0 aromatic heterocycles. The maximum Gasteiger partial charge on any atom is 0.321 e. The summed E-state index contributed by atoms with van der Waals surface area (Å²) in [5.41, 5.74) is 0.0585. The summed E-state index contributed by atoms with van der Waals surface area (Å²) in [5.74, 6) is 1.83. The van der Waals surface area contributed by atoms with Gasteiger partial charge >= 0.3 is 5.97 Å². The molecule has 0 fully saturated rings. The Bertz CT molecular complexity index is 682. The topological polar surface area (TPSA) is 75.7 Å². The van der Waals surface area contributed by atoms with Crippen molar-refractivity contribution in [1.29, 1.82) is 0 Å². The fraction of sp³-hybridized carbons (Fsp3) is 0.438. The number of hydrogen-bond acceptors (Lipinski definition) is 5. The van der Waals surface area contributed by atoms with Crippen molar-refractivity contribution in [2.75, 3.05) is 25.5 Å². The number of rotatable bonds is 6. The highest BCUT2D eigenvalue weighted by Gasteiger charge is 2.25. The van der Waals surface area contributed by atoms with Gasteiger partial charge in [-0.05, 0) is 45.0 Å².